The minimum Gasteiger partial charge on any atom is -0.357 e. The average Bonchev–Trinajstić information content (AvgIpc) is 3.08. The zero-order chi connectivity index (χ0) is 20.1. The molecule has 0 fully saturated rings. The van der Waals surface area contributed by atoms with Gasteiger partial charge in [0.25, 0.3) is 0 Å². The highest BCUT2D eigenvalue weighted by Gasteiger charge is 2.22. The average molecular weight is 383 g/mol. The van der Waals surface area contributed by atoms with Gasteiger partial charge in [-0.1, -0.05) is 52.0 Å². The van der Waals surface area contributed by atoms with E-state index in [0.29, 0.717) is 12.6 Å². The van der Waals surface area contributed by atoms with E-state index in [9.17, 15) is 0 Å². The lowest BCUT2D eigenvalue weighted by molar-refractivity contribution is 0.392. The van der Waals surface area contributed by atoms with E-state index < -0.39 is 0 Å². The van der Waals surface area contributed by atoms with Crippen LogP contribution in [0.1, 0.15) is 63.8 Å². The van der Waals surface area contributed by atoms with Gasteiger partial charge in [0.15, 0.2) is 11.8 Å². The van der Waals surface area contributed by atoms with Gasteiger partial charge in [-0.15, -0.1) is 0 Å². The summed E-state index contributed by atoms with van der Waals surface area (Å²) in [6.07, 6.45) is 2.89. The highest BCUT2D eigenvalue weighted by atomic mass is 15.4. The largest absolute Gasteiger partial charge is 0.357 e. The molecule has 0 amide bonds. The summed E-state index contributed by atoms with van der Waals surface area (Å²) in [5.41, 5.74) is 2.75. The Balaban J connectivity index is 1.63. The molecule has 0 bridgehead atoms. The molecule has 0 saturated heterocycles. The number of rotatable bonds is 5. The molecule has 6 heteroatoms. The number of fused-ring (bicyclic) bond motifs is 1. The number of hydrogen-bond donors (Lipinski definition) is 2. The topological polar surface area (TPSA) is 67.1 Å². The molecule has 0 saturated carbocycles. The molecule has 1 unspecified atom stereocenters. The Kier molecular flexibility index (Phi) is 6.37. The lowest BCUT2D eigenvalue weighted by Crippen LogP contribution is -2.47. The molecule has 1 atom stereocenters. The first-order valence-corrected chi connectivity index (χ1v) is 10.5. The molecule has 28 heavy (non-hydrogen) atoms. The van der Waals surface area contributed by atoms with E-state index in [1.54, 1.807) is 0 Å². The minimum atomic E-state index is 0.178. The van der Waals surface area contributed by atoms with Crippen LogP contribution in [-0.4, -0.2) is 33.3 Å². The normalized spacial score (nSPS) is 17.3. The molecule has 2 N–H and O–H groups in total. The fourth-order valence-electron chi connectivity index (χ4n) is 3.42. The number of benzene rings is 1. The second-order valence-corrected chi connectivity index (χ2v) is 8.50. The first kappa shape index (κ1) is 20.4. The van der Waals surface area contributed by atoms with Gasteiger partial charge in [-0.05, 0) is 29.9 Å². The van der Waals surface area contributed by atoms with Crippen LogP contribution < -0.4 is 10.6 Å². The van der Waals surface area contributed by atoms with Gasteiger partial charge >= 0.3 is 0 Å². The van der Waals surface area contributed by atoms with Crippen LogP contribution in [0.2, 0.25) is 0 Å². The molecule has 3 rings (SSSR count). The molecule has 0 spiro atoms. The maximum Gasteiger partial charge on any atom is 0.191 e. The SMILES string of the molecule is CCNC(=NCc1ccc(C(C)(C)C)cc1)NC1CCc2nc(CC)nn2C1. The molecule has 1 aliphatic rings. The van der Waals surface area contributed by atoms with E-state index in [2.05, 4.69) is 84.3 Å². The Hall–Kier alpha value is -2.37. The van der Waals surface area contributed by atoms with Crippen molar-refractivity contribution in [3.05, 3.63) is 47.0 Å². The van der Waals surface area contributed by atoms with Gasteiger partial charge in [0.05, 0.1) is 13.1 Å². The Morgan fingerprint density at radius 2 is 1.96 bits per heavy atom. The second-order valence-electron chi connectivity index (χ2n) is 8.50. The molecule has 0 radical (unpaired) electrons. The zero-order valence-electron chi connectivity index (χ0n) is 17.9. The van der Waals surface area contributed by atoms with Crippen LogP contribution in [0.25, 0.3) is 0 Å². The first-order valence-electron chi connectivity index (χ1n) is 10.5. The second kappa shape index (κ2) is 8.76. The highest BCUT2D eigenvalue weighted by molar-refractivity contribution is 5.80. The summed E-state index contributed by atoms with van der Waals surface area (Å²) in [6, 6.07) is 9.11. The van der Waals surface area contributed by atoms with E-state index >= 15 is 0 Å². The number of hydrogen-bond acceptors (Lipinski definition) is 3. The van der Waals surface area contributed by atoms with Gasteiger partial charge in [-0.2, -0.15) is 5.10 Å². The zero-order valence-corrected chi connectivity index (χ0v) is 17.9. The van der Waals surface area contributed by atoms with Gasteiger partial charge in [0, 0.05) is 25.4 Å². The summed E-state index contributed by atoms with van der Waals surface area (Å²) in [5, 5.41) is 11.6. The summed E-state index contributed by atoms with van der Waals surface area (Å²) in [7, 11) is 0. The van der Waals surface area contributed by atoms with Crippen LogP contribution in [0.3, 0.4) is 0 Å². The maximum absolute atomic E-state index is 4.80. The summed E-state index contributed by atoms with van der Waals surface area (Å²) in [5.74, 6) is 2.91. The Bertz CT molecular complexity index is 797. The van der Waals surface area contributed by atoms with Crippen molar-refractivity contribution >= 4 is 5.96 Å². The van der Waals surface area contributed by atoms with Crippen LogP contribution in [-0.2, 0) is 31.3 Å². The van der Waals surface area contributed by atoms with Crippen molar-refractivity contribution in [2.45, 2.75) is 78.4 Å². The van der Waals surface area contributed by atoms with E-state index in [-0.39, 0.29) is 5.41 Å². The Morgan fingerprint density at radius 3 is 2.61 bits per heavy atom. The van der Waals surface area contributed by atoms with Crippen LogP contribution >= 0.6 is 0 Å². The molecule has 152 valence electrons. The fraction of sp³-hybridized carbons (Fsp3) is 0.591. The first-order chi connectivity index (χ1) is 13.4. The predicted octanol–water partition coefficient (Wildman–Crippen LogP) is 3.21. The molecule has 2 heterocycles. The quantitative estimate of drug-likeness (QED) is 0.616. The van der Waals surface area contributed by atoms with Gasteiger partial charge in [-0.25, -0.2) is 14.7 Å². The lowest BCUT2D eigenvalue weighted by Gasteiger charge is -2.25. The number of aliphatic imine (C=N–C) groups is 1. The number of guanidine groups is 1. The molecule has 1 aromatic heterocycles. The van der Waals surface area contributed by atoms with Crippen molar-refractivity contribution < 1.29 is 0 Å². The third kappa shape index (κ3) is 5.12. The fourth-order valence-corrected chi connectivity index (χ4v) is 3.42. The maximum atomic E-state index is 4.80. The molecule has 1 aliphatic heterocycles. The van der Waals surface area contributed by atoms with Crippen molar-refractivity contribution in [3.63, 3.8) is 0 Å². The smallest absolute Gasteiger partial charge is 0.191 e. The molecule has 0 aliphatic carbocycles. The summed E-state index contributed by atoms with van der Waals surface area (Å²) in [4.78, 5) is 9.39. The number of aromatic nitrogens is 3. The van der Waals surface area contributed by atoms with E-state index in [1.165, 1.54) is 11.1 Å². The van der Waals surface area contributed by atoms with Crippen LogP contribution in [0.4, 0.5) is 0 Å². The van der Waals surface area contributed by atoms with Crippen molar-refractivity contribution in [1.29, 1.82) is 0 Å². The molecule has 6 nitrogen and oxygen atoms in total. The molecular weight excluding hydrogens is 348 g/mol. The number of nitrogens with zero attached hydrogens (tertiary/aromatic N) is 4. The van der Waals surface area contributed by atoms with Crippen LogP contribution in [0.15, 0.2) is 29.3 Å². The molecule has 1 aromatic carbocycles. The van der Waals surface area contributed by atoms with E-state index in [1.807, 2.05) is 0 Å². The van der Waals surface area contributed by atoms with Crippen LogP contribution in [0.5, 0.6) is 0 Å². The highest BCUT2D eigenvalue weighted by Crippen LogP contribution is 2.22. The van der Waals surface area contributed by atoms with Gasteiger partial charge in [0.2, 0.25) is 0 Å². The minimum absolute atomic E-state index is 0.178. The third-order valence-corrected chi connectivity index (χ3v) is 5.14. The summed E-state index contributed by atoms with van der Waals surface area (Å²) < 4.78 is 2.05. The van der Waals surface area contributed by atoms with Gasteiger partial charge in [0.1, 0.15) is 5.82 Å². The van der Waals surface area contributed by atoms with Gasteiger partial charge < -0.3 is 10.6 Å². The molecular formula is C22H34N6. The van der Waals surface area contributed by atoms with Crippen molar-refractivity contribution in [1.82, 2.24) is 25.4 Å². The summed E-state index contributed by atoms with van der Waals surface area (Å²) in [6.45, 7) is 13.3. The van der Waals surface area contributed by atoms with Crippen LogP contribution in [0, 0.1) is 0 Å². The Labute approximate surface area is 168 Å². The third-order valence-electron chi connectivity index (χ3n) is 5.14. The number of aryl methyl sites for hydroxylation is 2. The van der Waals surface area contributed by atoms with Crippen molar-refractivity contribution in [2.24, 2.45) is 4.99 Å². The van der Waals surface area contributed by atoms with E-state index in [0.717, 1.165) is 50.0 Å². The van der Waals surface area contributed by atoms with Crippen molar-refractivity contribution in [3.8, 4) is 0 Å². The monoisotopic (exact) mass is 382 g/mol. The lowest BCUT2D eigenvalue weighted by atomic mass is 9.87. The Morgan fingerprint density at radius 1 is 1.21 bits per heavy atom. The summed E-state index contributed by atoms with van der Waals surface area (Å²) >= 11 is 0. The molecule has 2 aromatic rings. The number of nitrogens with one attached hydrogen (secondary N) is 2. The standard InChI is InChI=1S/C22H34N6/c1-6-19-26-20-13-12-18(15-28(20)27-19)25-21(23-7-2)24-14-16-8-10-17(11-9-16)22(3,4)5/h8-11,18H,6-7,12-15H2,1-5H3,(H2,23,24,25). The van der Waals surface area contributed by atoms with Crippen molar-refractivity contribution in [2.75, 3.05) is 6.54 Å². The van der Waals surface area contributed by atoms with Gasteiger partial charge in [-0.3, -0.25) is 0 Å². The predicted molar refractivity (Wildman–Crippen MR) is 115 cm³/mol. The van der Waals surface area contributed by atoms with E-state index in [4.69, 9.17) is 4.99 Å².